The average molecular weight is 287 g/mol. The van der Waals surface area contributed by atoms with Crippen LogP contribution in [-0.4, -0.2) is 18.7 Å². The van der Waals surface area contributed by atoms with Crippen molar-refractivity contribution >= 4 is 0 Å². The smallest absolute Gasteiger partial charge is 0.416 e. The lowest BCUT2D eigenvalue weighted by Crippen LogP contribution is -2.35. The highest BCUT2D eigenvalue weighted by Gasteiger charge is 2.30. The normalized spacial score (nSPS) is 18.2. The molecule has 1 saturated carbocycles. The fraction of sp³-hybridized carbons (Fsp3) is 0.600. The first-order chi connectivity index (χ1) is 9.45. The molecule has 0 spiro atoms. The van der Waals surface area contributed by atoms with Gasteiger partial charge in [0.05, 0.1) is 5.56 Å². The van der Waals surface area contributed by atoms with Crippen LogP contribution < -0.4 is 10.1 Å². The standard InChI is InChI=1S/C15H20F3NO/c1-11(10-19-13-6-2-3-7-13)20-14-8-4-5-12(9-14)15(16,17)18/h4-5,8-9,11,13,19H,2-3,6-7,10H2,1H3. The first kappa shape index (κ1) is 15.2. The average Bonchev–Trinajstić information content (AvgIpc) is 2.89. The van der Waals surface area contributed by atoms with Crippen LogP contribution in [0.25, 0.3) is 0 Å². The lowest BCUT2D eigenvalue weighted by molar-refractivity contribution is -0.137. The van der Waals surface area contributed by atoms with Gasteiger partial charge in [-0.25, -0.2) is 0 Å². The van der Waals surface area contributed by atoms with Gasteiger partial charge in [-0.15, -0.1) is 0 Å². The Kier molecular flexibility index (Phi) is 4.91. The first-order valence-corrected chi connectivity index (χ1v) is 7.02. The molecule has 20 heavy (non-hydrogen) atoms. The molecule has 2 nitrogen and oxygen atoms in total. The zero-order chi connectivity index (χ0) is 14.6. The lowest BCUT2D eigenvalue weighted by Gasteiger charge is -2.19. The molecule has 1 aliphatic rings. The van der Waals surface area contributed by atoms with E-state index in [4.69, 9.17) is 4.74 Å². The molecule has 2 rings (SSSR count). The highest BCUT2D eigenvalue weighted by atomic mass is 19.4. The molecule has 0 bridgehead atoms. The quantitative estimate of drug-likeness (QED) is 0.883. The monoisotopic (exact) mass is 287 g/mol. The second kappa shape index (κ2) is 6.48. The van der Waals surface area contributed by atoms with E-state index in [0.717, 1.165) is 12.1 Å². The molecule has 0 saturated heterocycles. The van der Waals surface area contributed by atoms with Crippen molar-refractivity contribution in [3.8, 4) is 5.75 Å². The maximum Gasteiger partial charge on any atom is 0.416 e. The van der Waals surface area contributed by atoms with Crippen LogP contribution in [0.1, 0.15) is 38.2 Å². The summed E-state index contributed by atoms with van der Waals surface area (Å²) in [5.74, 6) is 0.264. The number of ether oxygens (including phenoxy) is 1. The molecule has 1 fully saturated rings. The fourth-order valence-corrected chi connectivity index (χ4v) is 2.48. The number of hydrogen-bond acceptors (Lipinski definition) is 2. The summed E-state index contributed by atoms with van der Waals surface area (Å²) in [6.07, 6.45) is 0.372. The molecule has 0 aromatic heterocycles. The number of nitrogens with one attached hydrogen (secondary N) is 1. The SMILES string of the molecule is CC(CNC1CCCC1)Oc1cccc(C(F)(F)F)c1. The van der Waals surface area contributed by atoms with Crippen molar-refractivity contribution in [1.82, 2.24) is 5.32 Å². The van der Waals surface area contributed by atoms with Gasteiger partial charge in [-0.1, -0.05) is 18.9 Å². The van der Waals surface area contributed by atoms with Crippen molar-refractivity contribution in [3.63, 3.8) is 0 Å². The van der Waals surface area contributed by atoms with Gasteiger partial charge in [0.15, 0.2) is 0 Å². The Bertz CT molecular complexity index is 427. The summed E-state index contributed by atoms with van der Waals surface area (Å²) < 4.78 is 43.3. The second-order valence-electron chi connectivity index (χ2n) is 5.34. The third-order valence-electron chi connectivity index (χ3n) is 3.55. The van der Waals surface area contributed by atoms with E-state index in [0.29, 0.717) is 12.6 Å². The Hall–Kier alpha value is -1.23. The molecule has 1 N–H and O–H groups in total. The number of benzene rings is 1. The van der Waals surface area contributed by atoms with Crippen LogP contribution in [-0.2, 0) is 6.18 Å². The molecule has 112 valence electrons. The second-order valence-corrected chi connectivity index (χ2v) is 5.34. The minimum absolute atomic E-state index is 0.154. The third kappa shape index (κ3) is 4.40. The Balaban J connectivity index is 1.85. The molecule has 0 heterocycles. The molecule has 1 aliphatic carbocycles. The number of hydrogen-bond donors (Lipinski definition) is 1. The summed E-state index contributed by atoms with van der Waals surface area (Å²) >= 11 is 0. The van der Waals surface area contributed by atoms with Crippen LogP contribution in [0.4, 0.5) is 13.2 Å². The van der Waals surface area contributed by atoms with Gasteiger partial charge in [0.25, 0.3) is 0 Å². The predicted molar refractivity (Wildman–Crippen MR) is 71.8 cm³/mol. The predicted octanol–water partition coefficient (Wildman–Crippen LogP) is 4.00. The van der Waals surface area contributed by atoms with Gasteiger partial charge >= 0.3 is 6.18 Å². The highest BCUT2D eigenvalue weighted by Crippen LogP contribution is 2.31. The van der Waals surface area contributed by atoms with Gasteiger partial charge in [-0.05, 0) is 38.0 Å². The molecule has 5 heteroatoms. The molecule has 0 amide bonds. The molecular formula is C15H20F3NO. The number of rotatable bonds is 5. The van der Waals surface area contributed by atoms with Crippen molar-refractivity contribution in [1.29, 1.82) is 0 Å². The van der Waals surface area contributed by atoms with Crippen molar-refractivity contribution in [2.75, 3.05) is 6.54 Å². The summed E-state index contributed by atoms with van der Waals surface area (Å²) in [6.45, 7) is 2.52. The van der Waals surface area contributed by atoms with E-state index in [-0.39, 0.29) is 11.9 Å². The zero-order valence-corrected chi connectivity index (χ0v) is 11.5. The molecule has 1 atom stereocenters. The van der Waals surface area contributed by atoms with E-state index in [1.165, 1.54) is 31.7 Å². The van der Waals surface area contributed by atoms with Crippen molar-refractivity contribution < 1.29 is 17.9 Å². The minimum atomic E-state index is -4.33. The highest BCUT2D eigenvalue weighted by molar-refractivity contribution is 5.30. The van der Waals surface area contributed by atoms with Gasteiger partial charge in [0.1, 0.15) is 11.9 Å². The maximum atomic E-state index is 12.6. The van der Waals surface area contributed by atoms with Crippen molar-refractivity contribution in [2.45, 2.75) is 50.9 Å². The van der Waals surface area contributed by atoms with Gasteiger partial charge in [0.2, 0.25) is 0 Å². The minimum Gasteiger partial charge on any atom is -0.489 e. The number of halogens is 3. The summed E-state index contributed by atoms with van der Waals surface area (Å²) in [5.41, 5.74) is -0.675. The number of alkyl halides is 3. The summed E-state index contributed by atoms with van der Waals surface area (Å²) in [6, 6.07) is 5.55. The maximum absolute atomic E-state index is 12.6. The van der Waals surface area contributed by atoms with Crippen molar-refractivity contribution in [2.24, 2.45) is 0 Å². The van der Waals surface area contributed by atoms with E-state index in [1.807, 2.05) is 6.92 Å². The third-order valence-corrected chi connectivity index (χ3v) is 3.55. The van der Waals surface area contributed by atoms with Crippen LogP contribution in [0.2, 0.25) is 0 Å². The molecule has 1 unspecified atom stereocenters. The zero-order valence-electron chi connectivity index (χ0n) is 11.5. The van der Waals surface area contributed by atoms with Gasteiger partial charge < -0.3 is 10.1 Å². The Morgan fingerprint density at radius 2 is 2.00 bits per heavy atom. The summed E-state index contributed by atoms with van der Waals surface area (Å²) in [4.78, 5) is 0. The molecule has 1 aromatic carbocycles. The largest absolute Gasteiger partial charge is 0.489 e. The Labute approximate surface area is 117 Å². The lowest BCUT2D eigenvalue weighted by atomic mass is 10.2. The summed E-state index contributed by atoms with van der Waals surface area (Å²) in [7, 11) is 0. The molecule has 1 aromatic rings. The van der Waals surface area contributed by atoms with Crippen molar-refractivity contribution in [3.05, 3.63) is 29.8 Å². The van der Waals surface area contributed by atoms with Gasteiger partial charge in [-0.3, -0.25) is 0 Å². The van der Waals surface area contributed by atoms with E-state index >= 15 is 0 Å². The first-order valence-electron chi connectivity index (χ1n) is 7.02. The van der Waals surface area contributed by atoms with E-state index in [9.17, 15) is 13.2 Å². The van der Waals surface area contributed by atoms with Crippen LogP contribution in [0.3, 0.4) is 0 Å². The molecule has 0 radical (unpaired) electrons. The Morgan fingerprint density at radius 3 is 2.65 bits per heavy atom. The van der Waals surface area contributed by atoms with Crippen LogP contribution in [0.15, 0.2) is 24.3 Å². The van der Waals surface area contributed by atoms with E-state index in [1.54, 1.807) is 6.07 Å². The van der Waals surface area contributed by atoms with Gasteiger partial charge in [-0.2, -0.15) is 13.2 Å². The fourth-order valence-electron chi connectivity index (χ4n) is 2.48. The molecule has 0 aliphatic heterocycles. The van der Waals surface area contributed by atoms with Crippen LogP contribution in [0, 0.1) is 0 Å². The summed E-state index contributed by atoms with van der Waals surface area (Å²) in [5, 5.41) is 3.40. The molecular weight excluding hydrogens is 267 g/mol. The van der Waals surface area contributed by atoms with E-state index in [2.05, 4.69) is 5.32 Å². The van der Waals surface area contributed by atoms with Crippen LogP contribution >= 0.6 is 0 Å². The topological polar surface area (TPSA) is 21.3 Å². The Morgan fingerprint density at radius 1 is 1.30 bits per heavy atom. The van der Waals surface area contributed by atoms with Gasteiger partial charge in [0, 0.05) is 12.6 Å². The van der Waals surface area contributed by atoms with E-state index < -0.39 is 11.7 Å². The van der Waals surface area contributed by atoms with Crippen LogP contribution in [0.5, 0.6) is 5.75 Å².